The Bertz CT molecular complexity index is 1320. The maximum absolute atomic E-state index is 14.0. The highest BCUT2D eigenvalue weighted by molar-refractivity contribution is 6.05. The van der Waals surface area contributed by atoms with Crippen molar-refractivity contribution in [2.75, 3.05) is 42.9 Å². The Labute approximate surface area is 219 Å². The minimum absolute atomic E-state index is 0.000254. The Balaban J connectivity index is 1.55. The fourth-order valence-corrected chi connectivity index (χ4v) is 5.72. The molecule has 2 fully saturated rings. The van der Waals surface area contributed by atoms with E-state index >= 15 is 0 Å². The number of carbonyl (C=O) groups excluding carboxylic acids is 1. The number of rotatable bonds is 8. The van der Waals surface area contributed by atoms with Crippen molar-refractivity contribution in [1.29, 1.82) is 0 Å². The molecule has 0 atom stereocenters. The zero-order valence-corrected chi connectivity index (χ0v) is 22.5. The summed E-state index contributed by atoms with van der Waals surface area (Å²) >= 11 is 0. The molecule has 3 heterocycles. The van der Waals surface area contributed by atoms with E-state index in [0.717, 1.165) is 80.3 Å². The second-order valence-corrected chi connectivity index (χ2v) is 11.0. The number of Topliss-reactive ketones (excluding diaryl/α,β-unsaturated/α-hetero) is 1. The van der Waals surface area contributed by atoms with Gasteiger partial charge < -0.3 is 10.2 Å². The molecule has 37 heavy (non-hydrogen) atoms. The molecule has 0 spiro atoms. The number of nitrogens with one attached hydrogen (secondary N) is 1. The molecule has 3 aromatic rings. The molecule has 8 nitrogen and oxygen atoms in total. The average molecular weight is 505 g/mol. The van der Waals surface area contributed by atoms with Crippen molar-refractivity contribution in [2.45, 2.75) is 71.9 Å². The third-order valence-corrected chi connectivity index (χ3v) is 8.12. The number of pyridine rings is 1. The molecule has 0 bridgehead atoms. The lowest BCUT2D eigenvalue weighted by Crippen LogP contribution is -2.48. The van der Waals surface area contributed by atoms with E-state index in [4.69, 9.17) is 4.98 Å². The van der Waals surface area contributed by atoms with Crippen molar-refractivity contribution in [3.8, 4) is 0 Å². The zero-order chi connectivity index (χ0) is 25.9. The van der Waals surface area contributed by atoms with E-state index in [1.807, 2.05) is 10.8 Å². The topological polar surface area (TPSA) is 83.4 Å². The molecule has 1 saturated carbocycles. The van der Waals surface area contributed by atoms with Gasteiger partial charge in [-0.25, -0.2) is 4.98 Å². The molecule has 1 aromatic carbocycles. The number of fused-ring (bicyclic) bond motifs is 3. The van der Waals surface area contributed by atoms with E-state index in [9.17, 15) is 9.59 Å². The van der Waals surface area contributed by atoms with E-state index in [1.165, 1.54) is 0 Å². The molecule has 198 valence electrons. The minimum atomic E-state index is 0.000254. The van der Waals surface area contributed by atoms with E-state index < -0.39 is 0 Å². The van der Waals surface area contributed by atoms with E-state index in [2.05, 4.69) is 59.1 Å². The summed E-state index contributed by atoms with van der Waals surface area (Å²) in [5.74, 6) is 1.20. The van der Waals surface area contributed by atoms with Gasteiger partial charge in [0.15, 0.2) is 0 Å². The van der Waals surface area contributed by atoms with Crippen molar-refractivity contribution in [3.05, 3.63) is 34.7 Å². The van der Waals surface area contributed by atoms with Crippen molar-refractivity contribution < 1.29 is 4.79 Å². The Morgan fingerprint density at radius 2 is 1.78 bits per heavy atom. The SMILES string of the molecule is CCCCNc1ncc2c3ccc(N4CCN(C(C)C)CC4)cc3c(=O)n(CC3CCC(=O)CC3)c2n1. The van der Waals surface area contributed by atoms with Gasteiger partial charge in [-0.3, -0.25) is 19.1 Å². The molecule has 1 saturated heterocycles. The van der Waals surface area contributed by atoms with Crippen molar-refractivity contribution in [3.63, 3.8) is 0 Å². The van der Waals surface area contributed by atoms with E-state index in [-0.39, 0.29) is 5.56 Å². The number of anilines is 2. The van der Waals surface area contributed by atoms with Gasteiger partial charge in [0.2, 0.25) is 5.95 Å². The van der Waals surface area contributed by atoms with Gasteiger partial charge in [0.25, 0.3) is 5.56 Å². The molecule has 2 aromatic heterocycles. The third kappa shape index (κ3) is 5.49. The normalized spacial score (nSPS) is 17.8. The lowest BCUT2D eigenvalue weighted by Gasteiger charge is -2.38. The van der Waals surface area contributed by atoms with Crippen molar-refractivity contribution in [2.24, 2.45) is 5.92 Å². The maximum Gasteiger partial charge on any atom is 0.260 e. The fourth-order valence-electron chi connectivity index (χ4n) is 5.72. The molecule has 1 aliphatic carbocycles. The molecular formula is C29H40N6O2. The number of piperazine rings is 1. The van der Waals surface area contributed by atoms with Gasteiger partial charge in [-0.2, -0.15) is 4.98 Å². The van der Waals surface area contributed by atoms with Crippen LogP contribution in [-0.2, 0) is 11.3 Å². The molecule has 0 radical (unpaired) electrons. The first-order chi connectivity index (χ1) is 17.9. The lowest BCUT2D eigenvalue weighted by atomic mass is 9.88. The van der Waals surface area contributed by atoms with Crippen LogP contribution in [0.4, 0.5) is 11.6 Å². The number of benzene rings is 1. The summed E-state index contributed by atoms with van der Waals surface area (Å²) in [4.78, 5) is 40.2. The smallest absolute Gasteiger partial charge is 0.260 e. The molecule has 8 heteroatoms. The predicted octanol–water partition coefficient (Wildman–Crippen LogP) is 4.45. The second-order valence-electron chi connectivity index (χ2n) is 11.0. The lowest BCUT2D eigenvalue weighted by molar-refractivity contribution is -0.121. The van der Waals surface area contributed by atoms with Gasteiger partial charge in [-0.1, -0.05) is 19.4 Å². The predicted molar refractivity (Wildman–Crippen MR) is 151 cm³/mol. The van der Waals surface area contributed by atoms with Gasteiger partial charge in [0, 0.05) is 75.4 Å². The van der Waals surface area contributed by atoms with Gasteiger partial charge in [0.05, 0.1) is 5.39 Å². The summed E-state index contributed by atoms with van der Waals surface area (Å²) < 4.78 is 1.85. The van der Waals surface area contributed by atoms with Crippen LogP contribution in [0.5, 0.6) is 0 Å². The van der Waals surface area contributed by atoms with Gasteiger partial charge in [-0.05, 0) is 56.5 Å². The highest BCUT2D eigenvalue weighted by atomic mass is 16.1. The van der Waals surface area contributed by atoms with E-state index in [0.29, 0.717) is 48.7 Å². The number of ketones is 1. The van der Waals surface area contributed by atoms with Crippen LogP contribution >= 0.6 is 0 Å². The number of unbranched alkanes of at least 4 members (excludes halogenated alkanes) is 1. The molecular weight excluding hydrogens is 464 g/mol. The zero-order valence-electron chi connectivity index (χ0n) is 22.5. The number of hydrogen-bond acceptors (Lipinski definition) is 7. The third-order valence-electron chi connectivity index (χ3n) is 8.12. The monoisotopic (exact) mass is 504 g/mol. The average Bonchev–Trinajstić information content (AvgIpc) is 2.92. The number of carbonyl (C=O) groups is 1. The van der Waals surface area contributed by atoms with Crippen LogP contribution < -0.4 is 15.8 Å². The van der Waals surface area contributed by atoms with Crippen LogP contribution in [0.3, 0.4) is 0 Å². The molecule has 1 aliphatic heterocycles. The highest BCUT2D eigenvalue weighted by Crippen LogP contribution is 2.29. The maximum atomic E-state index is 14.0. The molecule has 0 unspecified atom stereocenters. The first kappa shape index (κ1) is 25.6. The van der Waals surface area contributed by atoms with Crippen LogP contribution in [0, 0.1) is 5.92 Å². The minimum Gasteiger partial charge on any atom is -0.369 e. The number of hydrogen-bond donors (Lipinski definition) is 1. The largest absolute Gasteiger partial charge is 0.369 e. The fraction of sp³-hybridized carbons (Fsp3) is 0.586. The first-order valence-corrected chi connectivity index (χ1v) is 14.0. The summed E-state index contributed by atoms with van der Waals surface area (Å²) in [5.41, 5.74) is 1.78. The Morgan fingerprint density at radius 3 is 2.49 bits per heavy atom. The Hall–Kier alpha value is -3.00. The van der Waals surface area contributed by atoms with Crippen LogP contribution in [0.2, 0.25) is 0 Å². The standard InChI is InChI=1S/C29H40N6O2/c1-4-5-12-30-29-31-18-26-24-11-8-22(34-15-13-33(14-16-34)20(2)3)17-25(24)28(37)35(27(26)32-29)19-21-6-9-23(36)10-7-21/h8,11,17-18,20-21H,4-7,9-10,12-16,19H2,1-3H3,(H,30,31,32). The Morgan fingerprint density at radius 1 is 1.03 bits per heavy atom. The van der Waals surface area contributed by atoms with E-state index in [1.54, 1.807) is 0 Å². The quantitative estimate of drug-likeness (QED) is 0.358. The number of nitrogens with zero attached hydrogens (tertiary/aromatic N) is 5. The molecule has 1 N–H and O–H groups in total. The van der Waals surface area contributed by atoms with Crippen molar-refractivity contribution in [1.82, 2.24) is 19.4 Å². The van der Waals surface area contributed by atoms with Crippen LogP contribution in [0.1, 0.15) is 59.3 Å². The molecule has 5 rings (SSSR count). The summed E-state index contributed by atoms with van der Waals surface area (Å²) in [6.07, 6.45) is 6.86. The second kappa shape index (κ2) is 11.2. The Kier molecular flexibility index (Phi) is 7.74. The molecule has 0 amide bonds. The summed E-state index contributed by atoms with van der Waals surface area (Å²) in [6, 6.07) is 6.82. The number of aromatic nitrogens is 3. The highest BCUT2D eigenvalue weighted by Gasteiger charge is 2.23. The van der Waals surface area contributed by atoms with Crippen LogP contribution in [-0.4, -0.2) is 64.0 Å². The van der Waals surface area contributed by atoms with Crippen LogP contribution in [0.15, 0.2) is 29.2 Å². The first-order valence-electron chi connectivity index (χ1n) is 14.0. The van der Waals surface area contributed by atoms with Crippen LogP contribution in [0.25, 0.3) is 21.8 Å². The summed E-state index contributed by atoms with van der Waals surface area (Å²) in [5, 5.41) is 5.84. The van der Waals surface area contributed by atoms with Gasteiger partial charge in [0.1, 0.15) is 11.4 Å². The summed E-state index contributed by atoms with van der Waals surface area (Å²) in [6.45, 7) is 12.0. The van der Waals surface area contributed by atoms with Crippen molar-refractivity contribution >= 4 is 39.2 Å². The van der Waals surface area contributed by atoms with Gasteiger partial charge in [-0.15, -0.1) is 0 Å². The molecule has 2 aliphatic rings. The van der Waals surface area contributed by atoms with Gasteiger partial charge >= 0.3 is 0 Å². The summed E-state index contributed by atoms with van der Waals surface area (Å²) in [7, 11) is 0.